The molecule has 0 atom stereocenters. The van der Waals surface area contributed by atoms with Crippen LogP contribution in [0.25, 0.3) is 6.08 Å². The first-order valence-corrected chi connectivity index (χ1v) is 7.09. The molecule has 2 rings (SSSR count). The Labute approximate surface area is 133 Å². The molecule has 0 aliphatic rings. The molecule has 0 radical (unpaired) electrons. The highest BCUT2D eigenvalue weighted by Crippen LogP contribution is 2.16. The standard InChI is InChI=1S/C17H15ClFNO2/c18-15-9-8-13(11-16(15)19)7-4-10-20-17(21)22-12-14-5-2-1-3-6-14/h1-9,11H,10,12H2,(H,20,21). The summed E-state index contributed by atoms with van der Waals surface area (Å²) in [6, 6.07) is 13.9. The zero-order valence-corrected chi connectivity index (χ0v) is 12.5. The molecule has 114 valence electrons. The average molecular weight is 320 g/mol. The van der Waals surface area contributed by atoms with Crippen LogP contribution in [0.3, 0.4) is 0 Å². The van der Waals surface area contributed by atoms with Gasteiger partial charge in [-0.2, -0.15) is 0 Å². The van der Waals surface area contributed by atoms with Crippen LogP contribution in [0.5, 0.6) is 0 Å². The van der Waals surface area contributed by atoms with Gasteiger partial charge in [-0.25, -0.2) is 9.18 Å². The highest BCUT2D eigenvalue weighted by Gasteiger charge is 2.01. The van der Waals surface area contributed by atoms with Crippen molar-refractivity contribution in [1.82, 2.24) is 5.32 Å². The van der Waals surface area contributed by atoms with E-state index in [2.05, 4.69) is 5.32 Å². The van der Waals surface area contributed by atoms with Crippen molar-refractivity contribution in [3.63, 3.8) is 0 Å². The van der Waals surface area contributed by atoms with Crippen LogP contribution >= 0.6 is 11.6 Å². The predicted octanol–water partition coefficient (Wildman–Crippen LogP) is 4.42. The molecule has 1 amide bonds. The second-order valence-corrected chi connectivity index (χ2v) is 4.93. The molecule has 0 saturated heterocycles. The molecule has 2 aromatic carbocycles. The number of carbonyl (C=O) groups excluding carboxylic acids is 1. The van der Waals surface area contributed by atoms with Crippen LogP contribution in [0.4, 0.5) is 9.18 Å². The van der Waals surface area contributed by atoms with Crippen molar-refractivity contribution in [2.45, 2.75) is 6.61 Å². The van der Waals surface area contributed by atoms with Crippen LogP contribution in [-0.4, -0.2) is 12.6 Å². The van der Waals surface area contributed by atoms with Crippen molar-refractivity contribution in [1.29, 1.82) is 0 Å². The minimum absolute atomic E-state index is 0.0831. The Morgan fingerprint density at radius 2 is 2.00 bits per heavy atom. The van der Waals surface area contributed by atoms with Crippen molar-refractivity contribution >= 4 is 23.8 Å². The molecule has 0 spiro atoms. The van der Waals surface area contributed by atoms with Gasteiger partial charge in [-0.3, -0.25) is 0 Å². The molecule has 0 bridgehead atoms. The number of ether oxygens (including phenoxy) is 1. The number of hydrogen-bond acceptors (Lipinski definition) is 2. The molecule has 0 aliphatic heterocycles. The van der Waals surface area contributed by atoms with Crippen molar-refractivity contribution in [2.75, 3.05) is 6.54 Å². The van der Waals surface area contributed by atoms with Gasteiger partial charge in [0.25, 0.3) is 0 Å². The third-order valence-corrected chi connectivity index (χ3v) is 3.14. The van der Waals surface area contributed by atoms with Crippen LogP contribution in [-0.2, 0) is 11.3 Å². The van der Waals surface area contributed by atoms with Crippen molar-refractivity contribution in [3.05, 3.63) is 76.6 Å². The summed E-state index contributed by atoms with van der Waals surface area (Å²) in [5, 5.41) is 2.66. The molecule has 22 heavy (non-hydrogen) atoms. The summed E-state index contributed by atoms with van der Waals surface area (Å²) in [5.41, 5.74) is 1.59. The van der Waals surface area contributed by atoms with Gasteiger partial charge in [-0.05, 0) is 23.3 Å². The third-order valence-electron chi connectivity index (χ3n) is 2.83. The second kappa shape index (κ2) is 8.20. The monoisotopic (exact) mass is 319 g/mol. The van der Waals surface area contributed by atoms with Gasteiger partial charge < -0.3 is 10.1 Å². The maximum absolute atomic E-state index is 13.2. The highest BCUT2D eigenvalue weighted by atomic mass is 35.5. The van der Waals surface area contributed by atoms with Crippen molar-refractivity contribution in [2.24, 2.45) is 0 Å². The molecular formula is C17H15ClFNO2. The van der Waals surface area contributed by atoms with Crippen LogP contribution < -0.4 is 5.32 Å². The van der Waals surface area contributed by atoms with Crippen molar-refractivity contribution in [3.8, 4) is 0 Å². The largest absolute Gasteiger partial charge is 0.445 e. The van der Waals surface area contributed by atoms with Crippen LogP contribution in [0, 0.1) is 5.82 Å². The number of nitrogens with one attached hydrogen (secondary N) is 1. The summed E-state index contributed by atoms with van der Waals surface area (Å²) in [5.74, 6) is -0.473. The first-order valence-electron chi connectivity index (χ1n) is 6.71. The smallest absolute Gasteiger partial charge is 0.407 e. The lowest BCUT2D eigenvalue weighted by molar-refractivity contribution is 0.141. The molecule has 5 heteroatoms. The summed E-state index contributed by atoms with van der Waals surface area (Å²) in [4.78, 5) is 11.5. The lowest BCUT2D eigenvalue weighted by Crippen LogP contribution is -2.24. The second-order valence-electron chi connectivity index (χ2n) is 4.52. The molecule has 0 fully saturated rings. The zero-order chi connectivity index (χ0) is 15.8. The summed E-state index contributed by atoms with van der Waals surface area (Å²) >= 11 is 5.60. The Kier molecular flexibility index (Phi) is 5.98. The van der Waals surface area contributed by atoms with Gasteiger partial charge in [0.05, 0.1) is 5.02 Å². The van der Waals surface area contributed by atoms with Gasteiger partial charge in [-0.1, -0.05) is 60.2 Å². The van der Waals surface area contributed by atoms with E-state index in [-0.39, 0.29) is 18.2 Å². The molecule has 0 aromatic heterocycles. The Balaban J connectivity index is 1.72. The topological polar surface area (TPSA) is 38.3 Å². The SMILES string of the molecule is O=C(NCC=Cc1ccc(Cl)c(F)c1)OCc1ccccc1. The number of rotatable bonds is 5. The van der Waals surface area contributed by atoms with Gasteiger partial charge in [0.2, 0.25) is 0 Å². The fraction of sp³-hybridized carbons (Fsp3) is 0.118. The molecule has 0 saturated carbocycles. The third kappa shape index (κ3) is 5.22. The Bertz CT molecular complexity index is 659. The fourth-order valence-electron chi connectivity index (χ4n) is 1.73. The fourth-order valence-corrected chi connectivity index (χ4v) is 1.85. The summed E-state index contributed by atoms with van der Waals surface area (Å²) in [6.07, 6.45) is 2.89. The molecule has 0 aliphatic carbocycles. The Morgan fingerprint density at radius 3 is 2.73 bits per heavy atom. The van der Waals surface area contributed by atoms with E-state index in [9.17, 15) is 9.18 Å². The van der Waals surface area contributed by atoms with Gasteiger partial charge in [0, 0.05) is 6.54 Å². The van der Waals surface area contributed by atoms with E-state index >= 15 is 0 Å². The van der Waals surface area contributed by atoms with E-state index in [4.69, 9.17) is 16.3 Å². The molecule has 2 aromatic rings. The van der Waals surface area contributed by atoms with Gasteiger partial charge >= 0.3 is 6.09 Å². The first kappa shape index (κ1) is 16.0. The van der Waals surface area contributed by atoms with Crippen LogP contribution in [0.15, 0.2) is 54.6 Å². The van der Waals surface area contributed by atoms with Crippen LogP contribution in [0.2, 0.25) is 5.02 Å². The van der Waals surface area contributed by atoms with Crippen molar-refractivity contribution < 1.29 is 13.9 Å². The summed E-state index contributed by atoms with van der Waals surface area (Å²) < 4.78 is 18.3. The zero-order valence-electron chi connectivity index (χ0n) is 11.8. The minimum Gasteiger partial charge on any atom is -0.445 e. The molecule has 1 N–H and O–H groups in total. The predicted molar refractivity (Wildman–Crippen MR) is 85.1 cm³/mol. The molecular weight excluding hydrogens is 305 g/mol. The lowest BCUT2D eigenvalue weighted by atomic mass is 10.2. The molecule has 0 heterocycles. The van der Waals surface area contributed by atoms with E-state index in [0.717, 1.165) is 5.56 Å². The summed E-state index contributed by atoms with van der Waals surface area (Å²) in [6.45, 7) is 0.511. The number of amides is 1. The van der Waals surface area contributed by atoms with E-state index < -0.39 is 11.9 Å². The number of alkyl carbamates (subject to hydrolysis) is 1. The first-order chi connectivity index (χ1) is 10.6. The molecule has 0 unspecified atom stereocenters. The Morgan fingerprint density at radius 1 is 1.23 bits per heavy atom. The van der Waals surface area contributed by atoms with E-state index in [0.29, 0.717) is 5.56 Å². The average Bonchev–Trinajstić information content (AvgIpc) is 2.54. The molecule has 3 nitrogen and oxygen atoms in total. The Hall–Kier alpha value is -2.33. The highest BCUT2D eigenvalue weighted by molar-refractivity contribution is 6.30. The number of carbonyl (C=O) groups is 1. The maximum atomic E-state index is 13.2. The maximum Gasteiger partial charge on any atom is 0.407 e. The van der Waals surface area contributed by atoms with Crippen LogP contribution in [0.1, 0.15) is 11.1 Å². The van der Waals surface area contributed by atoms with E-state index in [1.807, 2.05) is 30.3 Å². The van der Waals surface area contributed by atoms with E-state index in [1.165, 1.54) is 12.1 Å². The normalized spacial score (nSPS) is 10.6. The van der Waals surface area contributed by atoms with Gasteiger partial charge in [-0.15, -0.1) is 0 Å². The quantitative estimate of drug-likeness (QED) is 0.886. The summed E-state index contributed by atoms with van der Waals surface area (Å²) in [7, 11) is 0. The lowest BCUT2D eigenvalue weighted by Gasteiger charge is -2.05. The van der Waals surface area contributed by atoms with E-state index in [1.54, 1.807) is 18.2 Å². The van der Waals surface area contributed by atoms with Gasteiger partial charge in [0.15, 0.2) is 0 Å². The van der Waals surface area contributed by atoms with Gasteiger partial charge in [0.1, 0.15) is 12.4 Å². The minimum atomic E-state index is -0.504. The number of benzene rings is 2. The number of halogens is 2. The number of hydrogen-bond donors (Lipinski definition) is 1.